The van der Waals surface area contributed by atoms with Gasteiger partial charge in [0.05, 0.1) is 17.7 Å². The third-order valence-electron chi connectivity index (χ3n) is 3.54. The van der Waals surface area contributed by atoms with Crippen molar-refractivity contribution in [3.05, 3.63) is 29.0 Å². The average molecular weight is 242 g/mol. The van der Waals surface area contributed by atoms with Crippen LogP contribution in [-0.2, 0) is 11.2 Å². The van der Waals surface area contributed by atoms with Gasteiger partial charge in [0.2, 0.25) is 0 Å². The Morgan fingerprint density at radius 1 is 1.69 bits per heavy atom. The summed E-state index contributed by atoms with van der Waals surface area (Å²) in [7, 11) is 0. The fraction of sp³-hybridized carbons (Fsp3) is 0.583. The van der Waals surface area contributed by atoms with E-state index < -0.39 is 0 Å². The number of ether oxygens (including phenoxy) is 1. The molecule has 16 heavy (non-hydrogen) atoms. The number of hydrogen-bond acceptors (Lipinski definition) is 3. The standard InChI is InChI=1S/C12H16ClNO2/c1-9-12(8-15,3-5-16-9)6-10-2-4-14-7-11(10)13/h2,4,7,9,15H,3,5-6,8H2,1H3. The summed E-state index contributed by atoms with van der Waals surface area (Å²) in [6.45, 7) is 2.86. The van der Waals surface area contributed by atoms with Crippen molar-refractivity contribution in [2.24, 2.45) is 5.41 Å². The fourth-order valence-corrected chi connectivity index (χ4v) is 2.43. The van der Waals surface area contributed by atoms with E-state index in [-0.39, 0.29) is 18.1 Å². The van der Waals surface area contributed by atoms with Crippen LogP contribution in [0.1, 0.15) is 18.9 Å². The molecule has 0 saturated carbocycles. The highest BCUT2D eigenvalue weighted by Crippen LogP contribution is 2.38. The molecule has 0 radical (unpaired) electrons. The van der Waals surface area contributed by atoms with Crippen LogP contribution in [0.3, 0.4) is 0 Å². The lowest BCUT2D eigenvalue weighted by molar-refractivity contribution is 0.0272. The molecule has 0 bridgehead atoms. The van der Waals surface area contributed by atoms with Gasteiger partial charge in [0, 0.05) is 24.4 Å². The molecule has 88 valence electrons. The third kappa shape index (κ3) is 2.08. The second-order valence-electron chi connectivity index (χ2n) is 4.43. The summed E-state index contributed by atoms with van der Waals surface area (Å²) in [5.74, 6) is 0. The van der Waals surface area contributed by atoms with Gasteiger partial charge in [0.1, 0.15) is 0 Å². The molecule has 2 heterocycles. The molecule has 0 aromatic carbocycles. The van der Waals surface area contributed by atoms with Crippen molar-refractivity contribution in [1.29, 1.82) is 0 Å². The second kappa shape index (κ2) is 4.70. The zero-order valence-electron chi connectivity index (χ0n) is 9.32. The van der Waals surface area contributed by atoms with Crippen molar-refractivity contribution in [3.8, 4) is 0 Å². The molecular formula is C12H16ClNO2. The molecule has 1 fully saturated rings. The van der Waals surface area contributed by atoms with Gasteiger partial charge >= 0.3 is 0 Å². The molecule has 1 aliphatic heterocycles. The van der Waals surface area contributed by atoms with E-state index in [1.807, 2.05) is 13.0 Å². The maximum absolute atomic E-state index is 9.60. The Hall–Kier alpha value is -0.640. The number of hydrogen-bond donors (Lipinski definition) is 1. The SMILES string of the molecule is CC1OCCC1(CO)Cc1ccncc1Cl. The summed E-state index contributed by atoms with van der Waals surface area (Å²) in [6.07, 6.45) is 5.06. The van der Waals surface area contributed by atoms with E-state index in [4.69, 9.17) is 16.3 Å². The Labute approximate surface area is 100 Å². The van der Waals surface area contributed by atoms with E-state index in [1.165, 1.54) is 0 Å². The minimum atomic E-state index is -0.189. The van der Waals surface area contributed by atoms with Crippen LogP contribution < -0.4 is 0 Å². The largest absolute Gasteiger partial charge is 0.396 e. The monoisotopic (exact) mass is 241 g/mol. The Morgan fingerprint density at radius 3 is 3.06 bits per heavy atom. The molecule has 1 saturated heterocycles. The van der Waals surface area contributed by atoms with Gasteiger partial charge in [0.15, 0.2) is 0 Å². The van der Waals surface area contributed by atoms with E-state index in [9.17, 15) is 5.11 Å². The molecule has 1 aromatic rings. The van der Waals surface area contributed by atoms with E-state index in [0.29, 0.717) is 11.6 Å². The molecular weight excluding hydrogens is 226 g/mol. The Kier molecular flexibility index (Phi) is 3.47. The van der Waals surface area contributed by atoms with Gasteiger partial charge in [-0.1, -0.05) is 11.6 Å². The van der Waals surface area contributed by atoms with Crippen LogP contribution in [0, 0.1) is 5.41 Å². The normalized spacial score (nSPS) is 29.6. The predicted octanol–water partition coefficient (Wildman–Crippen LogP) is 2.06. The van der Waals surface area contributed by atoms with E-state index in [0.717, 1.165) is 18.4 Å². The van der Waals surface area contributed by atoms with Gasteiger partial charge in [-0.3, -0.25) is 4.98 Å². The Morgan fingerprint density at radius 2 is 2.50 bits per heavy atom. The topological polar surface area (TPSA) is 42.4 Å². The van der Waals surface area contributed by atoms with Crippen LogP contribution in [0.5, 0.6) is 0 Å². The fourth-order valence-electron chi connectivity index (χ4n) is 2.24. The number of halogens is 1. The van der Waals surface area contributed by atoms with Gasteiger partial charge in [-0.25, -0.2) is 0 Å². The molecule has 1 N–H and O–H groups in total. The first-order valence-corrected chi connectivity index (χ1v) is 5.86. The highest BCUT2D eigenvalue weighted by molar-refractivity contribution is 6.31. The lowest BCUT2D eigenvalue weighted by Gasteiger charge is -2.30. The molecule has 2 unspecified atom stereocenters. The number of aromatic nitrogens is 1. The third-order valence-corrected chi connectivity index (χ3v) is 3.88. The lowest BCUT2D eigenvalue weighted by atomic mass is 9.77. The molecule has 2 rings (SSSR count). The number of pyridine rings is 1. The highest BCUT2D eigenvalue weighted by Gasteiger charge is 2.41. The summed E-state index contributed by atoms with van der Waals surface area (Å²) >= 11 is 6.08. The van der Waals surface area contributed by atoms with E-state index >= 15 is 0 Å². The van der Waals surface area contributed by atoms with Crippen molar-refractivity contribution in [3.63, 3.8) is 0 Å². The van der Waals surface area contributed by atoms with Crippen molar-refractivity contribution >= 4 is 11.6 Å². The average Bonchev–Trinajstić information content (AvgIpc) is 2.64. The first kappa shape index (κ1) is 11.8. The molecule has 0 amide bonds. The molecule has 4 heteroatoms. The van der Waals surface area contributed by atoms with Gasteiger partial charge in [-0.05, 0) is 31.4 Å². The van der Waals surface area contributed by atoms with Crippen molar-refractivity contribution in [2.75, 3.05) is 13.2 Å². The van der Waals surface area contributed by atoms with Gasteiger partial charge in [-0.15, -0.1) is 0 Å². The molecule has 0 spiro atoms. The molecule has 0 aliphatic carbocycles. The van der Waals surface area contributed by atoms with Crippen LogP contribution in [0.2, 0.25) is 5.02 Å². The minimum Gasteiger partial charge on any atom is -0.396 e. The zero-order valence-corrected chi connectivity index (χ0v) is 10.1. The van der Waals surface area contributed by atoms with Crippen LogP contribution >= 0.6 is 11.6 Å². The molecule has 2 atom stereocenters. The summed E-state index contributed by atoms with van der Waals surface area (Å²) in [6, 6.07) is 1.91. The zero-order chi connectivity index (χ0) is 11.6. The molecule has 1 aromatic heterocycles. The van der Waals surface area contributed by atoms with Crippen molar-refractivity contribution in [1.82, 2.24) is 4.98 Å². The van der Waals surface area contributed by atoms with Gasteiger partial charge in [0.25, 0.3) is 0 Å². The number of aliphatic hydroxyl groups is 1. The predicted molar refractivity (Wildman–Crippen MR) is 62.5 cm³/mol. The number of aliphatic hydroxyl groups excluding tert-OH is 1. The number of nitrogens with zero attached hydrogens (tertiary/aromatic N) is 1. The summed E-state index contributed by atoms with van der Waals surface area (Å²) in [5, 5.41) is 10.3. The molecule has 3 nitrogen and oxygen atoms in total. The van der Waals surface area contributed by atoms with E-state index in [1.54, 1.807) is 12.4 Å². The maximum Gasteiger partial charge on any atom is 0.0629 e. The Bertz CT molecular complexity index is 372. The second-order valence-corrected chi connectivity index (χ2v) is 4.83. The Balaban J connectivity index is 2.22. The maximum atomic E-state index is 9.60. The summed E-state index contributed by atoms with van der Waals surface area (Å²) in [4.78, 5) is 3.96. The minimum absolute atomic E-state index is 0.0710. The van der Waals surface area contributed by atoms with Crippen LogP contribution in [-0.4, -0.2) is 29.4 Å². The van der Waals surface area contributed by atoms with Crippen molar-refractivity contribution < 1.29 is 9.84 Å². The first-order valence-electron chi connectivity index (χ1n) is 5.49. The lowest BCUT2D eigenvalue weighted by Crippen LogP contribution is -2.35. The summed E-state index contributed by atoms with van der Waals surface area (Å²) < 4.78 is 5.55. The van der Waals surface area contributed by atoms with Gasteiger partial charge in [-0.2, -0.15) is 0 Å². The first-order chi connectivity index (χ1) is 7.68. The summed E-state index contributed by atoms with van der Waals surface area (Å²) in [5.41, 5.74) is 0.841. The van der Waals surface area contributed by atoms with Crippen LogP contribution in [0.4, 0.5) is 0 Å². The van der Waals surface area contributed by atoms with Crippen LogP contribution in [0.15, 0.2) is 18.5 Å². The smallest absolute Gasteiger partial charge is 0.0629 e. The van der Waals surface area contributed by atoms with E-state index in [2.05, 4.69) is 4.98 Å². The van der Waals surface area contributed by atoms with Crippen LogP contribution in [0.25, 0.3) is 0 Å². The van der Waals surface area contributed by atoms with Gasteiger partial charge < -0.3 is 9.84 Å². The highest BCUT2D eigenvalue weighted by atomic mass is 35.5. The quantitative estimate of drug-likeness (QED) is 0.881. The number of rotatable bonds is 3. The molecule has 1 aliphatic rings. The van der Waals surface area contributed by atoms with Crippen molar-refractivity contribution in [2.45, 2.75) is 25.9 Å².